The van der Waals surface area contributed by atoms with Gasteiger partial charge in [0.05, 0.1) is 32.3 Å². The van der Waals surface area contributed by atoms with E-state index in [4.69, 9.17) is 18.9 Å². The van der Waals surface area contributed by atoms with Gasteiger partial charge < -0.3 is 29.6 Å². The summed E-state index contributed by atoms with van der Waals surface area (Å²) in [5.74, 6) is 0.947. The summed E-state index contributed by atoms with van der Waals surface area (Å²) < 4.78 is 49.9. The molecule has 0 aromatic heterocycles. The van der Waals surface area contributed by atoms with E-state index in [1.165, 1.54) is 33.5 Å². The Kier molecular flexibility index (Phi) is 9.27. The van der Waals surface area contributed by atoms with E-state index in [2.05, 4.69) is 15.4 Å². The molecule has 2 aromatic carbocycles. The van der Waals surface area contributed by atoms with E-state index in [0.717, 1.165) is 12.8 Å². The quantitative estimate of drug-likeness (QED) is 0.401. The minimum absolute atomic E-state index is 0.101. The van der Waals surface area contributed by atoms with Gasteiger partial charge in [0.1, 0.15) is 6.04 Å². The van der Waals surface area contributed by atoms with Crippen LogP contribution in [0.5, 0.6) is 17.2 Å². The van der Waals surface area contributed by atoms with Crippen LogP contribution in [-0.4, -0.2) is 60.4 Å². The highest BCUT2D eigenvalue weighted by Crippen LogP contribution is 2.40. The van der Waals surface area contributed by atoms with E-state index in [-0.39, 0.29) is 23.5 Å². The molecule has 1 aliphatic heterocycles. The maximum Gasteiger partial charge on any atom is 0.247 e. The van der Waals surface area contributed by atoms with Gasteiger partial charge in [0.25, 0.3) is 0 Å². The number of hydrogen-bond acceptors (Lipinski definition) is 8. The predicted octanol–water partition coefficient (Wildman–Crippen LogP) is 3.24. The first-order chi connectivity index (χ1) is 17.5. The fourth-order valence-electron chi connectivity index (χ4n) is 4.00. The zero-order chi connectivity index (χ0) is 27.2. The monoisotopic (exact) mass is 535 g/mol. The van der Waals surface area contributed by atoms with Gasteiger partial charge in [-0.25, -0.2) is 13.1 Å². The van der Waals surface area contributed by atoms with E-state index < -0.39 is 21.6 Å². The number of ether oxygens (including phenoxy) is 4. The molecule has 10 nitrogen and oxygen atoms in total. The van der Waals surface area contributed by atoms with Gasteiger partial charge in [0, 0.05) is 24.4 Å². The number of amides is 1. The van der Waals surface area contributed by atoms with Crippen LogP contribution in [-0.2, 0) is 19.6 Å². The smallest absolute Gasteiger partial charge is 0.247 e. The molecule has 3 N–H and O–H groups in total. The molecule has 1 fully saturated rings. The van der Waals surface area contributed by atoms with E-state index in [1.54, 1.807) is 24.3 Å². The topological polar surface area (TPSA) is 124 Å². The number of methoxy groups -OCH3 is 3. The number of anilines is 1. The van der Waals surface area contributed by atoms with Gasteiger partial charge in [-0.15, -0.1) is 0 Å². The molecule has 1 saturated heterocycles. The Morgan fingerprint density at radius 2 is 1.68 bits per heavy atom. The zero-order valence-electron chi connectivity index (χ0n) is 22.2. The number of hydrogen-bond donors (Lipinski definition) is 3. The third-order valence-electron chi connectivity index (χ3n) is 5.78. The SMILES string of the molecule is COc1cc([C@@H](Nc2ccc(S(=O)(=O)NC[C@H]3CCCO3)cc2)C(=O)NC(C)(C)C)cc(OC)c1OC. The number of sulfonamides is 1. The van der Waals surface area contributed by atoms with Crippen molar-refractivity contribution in [3.8, 4) is 17.2 Å². The van der Waals surface area contributed by atoms with Crippen LogP contribution >= 0.6 is 0 Å². The van der Waals surface area contributed by atoms with Crippen molar-refractivity contribution in [1.82, 2.24) is 10.0 Å². The highest BCUT2D eigenvalue weighted by molar-refractivity contribution is 7.89. The van der Waals surface area contributed by atoms with Crippen molar-refractivity contribution in [2.24, 2.45) is 0 Å². The molecular formula is C26H37N3O7S. The van der Waals surface area contributed by atoms with Crippen LogP contribution in [0.3, 0.4) is 0 Å². The van der Waals surface area contributed by atoms with E-state index in [1.807, 2.05) is 20.8 Å². The first-order valence-electron chi connectivity index (χ1n) is 12.1. The van der Waals surface area contributed by atoms with Gasteiger partial charge in [-0.2, -0.15) is 0 Å². The lowest BCUT2D eigenvalue weighted by Gasteiger charge is -2.27. The van der Waals surface area contributed by atoms with Crippen LogP contribution in [0.1, 0.15) is 45.2 Å². The molecule has 1 amide bonds. The van der Waals surface area contributed by atoms with Gasteiger partial charge in [-0.05, 0) is 75.6 Å². The number of carbonyl (C=O) groups excluding carboxylic acids is 1. The summed E-state index contributed by atoms with van der Waals surface area (Å²) in [4.78, 5) is 13.5. The fraction of sp³-hybridized carbons (Fsp3) is 0.500. The number of rotatable bonds is 11. The molecule has 1 aliphatic rings. The Balaban J connectivity index is 1.88. The molecule has 204 valence electrons. The third kappa shape index (κ3) is 7.50. The fourth-order valence-corrected chi connectivity index (χ4v) is 5.06. The van der Waals surface area contributed by atoms with Crippen LogP contribution in [0.4, 0.5) is 5.69 Å². The van der Waals surface area contributed by atoms with Crippen LogP contribution in [0.15, 0.2) is 41.3 Å². The molecule has 3 rings (SSSR count). The Bertz CT molecular complexity index is 1150. The summed E-state index contributed by atoms with van der Waals surface area (Å²) in [6, 6.07) is 8.80. The predicted molar refractivity (Wildman–Crippen MR) is 141 cm³/mol. The molecule has 0 bridgehead atoms. The van der Waals surface area contributed by atoms with Crippen LogP contribution in [0.2, 0.25) is 0 Å². The molecule has 2 atom stereocenters. The van der Waals surface area contributed by atoms with E-state index in [9.17, 15) is 13.2 Å². The summed E-state index contributed by atoms with van der Waals surface area (Å²) in [5, 5.41) is 6.20. The van der Waals surface area contributed by atoms with Crippen molar-refractivity contribution in [3.63, 3.8) is 0 Å². The lowest BCUT2D eigenvalue weighted by Crippen LogP contribution is -2.44. The lowest BCUT2D eigenvalue weighted by molar-refractivity contribution is -0.123. The Morgan fingerprint density at radius 3 is 2.16 bits per heavy atom. The number of nitrogens with one attached hydrogen (secondary N) is 3. The Hall–Kier alpha value is -3.02. The second-order valence-electron chi connectivity index (χ2n) is 9.79. The van der Waals surface area contributed by atoms with Gasteiger partial charge >= 0.3 is 0 Å². The van der Waals surface area contributed by atoms with Crippen molar-refractivity contribution in [3.05, 3.63) is 42.0 Å². The van der Waals surface area contributed by atoms with Crippen molar-refractivity contribution in [2.45, 2.75) is 56.2 Å². The van der Waals surface area contributed by atoms with Gasteiger partial charge in [-0.1, -0.05) is 0 Å². The van der Waals surface area contributed by atoms with Crippen molar-refractivity contribution in [1.29, 1.82) is 0 Å². The third-order valence-corrected chi connectivity index (χ3v) is 7.22. The molecule has 0 aliphatic carbocycles. The second kappa shape index (κ2) is 12.0. The second-order valence-corrected chi connectivity index (χ2v) is 11.6. The molecular weight excluding hydrogens is 498 g/mol. The van der Waals surface area contributed by atoms with Crippen molar-refractivity contribution >= 4 is 21.6 Å². The molecule has 0 spiro atoms. The van der Waals surface area contributed by atoms with Crippen molar-refractivity contribution in [2.75, 3.05) is 39.8 Å². The molecule has 0 radical (unpaired) electrons. The number of benzene rings is 2. The largest absolute Gasteiger partial charge is 0.493 e. The molecule has 0 saturated carbocycles. The van der Waals surface area contributed by atoms with Crippen molar-refractivity contribution < 1.29 is 32.2 Å². The summed E-state index contributed by atoms with van der Waals surface area (Å²) in [6.45, 7) is 6.56. The van der Waals surface area contributed by atoms with Gasteiger partial charge in [-0.3, -0.25) is 4.79 Å². The van der Waals surface area contributed by atoms with Crippen LogP contribution < -0.4 is 29.6 Å². The van der Waals surface area contributed by atoms with Crippen LogP contribution in [0.25, 0.3) is 0 Å². The summed E-state index contributed by atoms with van der Waals surface area (Å²) in [6.07, 6.45) is 1.67. The maximum atomic E-state index is 13.4. The molecule has 2 aromatic rings. The van der Waals surface area contributed by atoms with Gasteiger partial charge in [0.2, 0.25) is 21.7 Å². The average molecular weight is 536 g/mol. The van der Waals surface area contributed by atoms with E-state index in [0.29, 0.717) is 35.1 Å². The number of carbonyl (C=O) groups is 1. The minimum atomic E-state index is -3.70. The molecule has 37 heavy (non-hydrogen) atoms. The first-order valence-corrected chi connectivity index (χ1v) is 13.6. The van der Waals surface area contributed by atoms with Gasteiger partial charge in [0.15, 0.2) is 11.5 Å². The highest BCUT2D eigenvalue weighted by atomic mass is 32.2. The lowest BCUT2D eigenvalue weighted by atomic mass is 10.0. The Morgan fingerprint density at radius 1 is 1.05 bits per heavy atom. The summed E-state index contributed by atoms with van der Waals surface area (Å²) in [5.41, 5.74) is 0.650. The molecule has 11 heteroatoms. The average Bonchev–Trinajstić information content (AvgIpc) is 3.38. The normalized spacial score (nSPS) is 16.6. The maximum absolute atomic E-state index is 13.4. The highest BCUT2D eigenvalue weighted by Gasteiger charge is 2.28. The van der Waals surface area contributed by atoms with Crippen LogP contribution in [0, 0.1) is 0 Å². The molecule has 0 unspecified atom stereocenters. The first kappa shape index (κ1) is 28.5. The standard InChI is InChI=1S/C26H37N3O7S/c1-26(2,3)29-25(30)23(17-14-21(33-4)24(35-6)22(15-17)34-5)28-18-9-11-20(12-10-18)37(31,32)27-16-19-8-7-13-36-19/h9-12,14-15,19,23,27-28H,7-8,13,16H2,1-6H3,(H,29,30)/t19-,23-/m1/s1. The van der Waals surface area contributed by atoms with E-state index >= 15 is 0 Å². The Labute approximate surface area is 219 Å². The minimum Gasteiger partial charge on any atom is -0.493 e. The summed E-state index contributed by atoms with van der Waals surface area (Å²) >= 11 is 0. The zero-order valence-corrected chi connectivity index (χ0v) is 23.0. The molecule has 1 heterocycles. The summed E-state index contributed by atoms with van der Waals surface area (Å²) in [7, 11) is 0.822.